The summed E-state index contributed by atoms with van der Waals surface area (Å²) < 4.78 is 64.4. The molecule has 1 aromatic rings. The van der Waals surface area contributed by atoms with E-state index in [9.17, 15) is 21.6 Å². The molecule has 0 aliphatic carbocycles. The van der Waals surface area contributed by atoms with Crippen molar-refractivity contribution in [3.05, 3.63) is 23.8 Å². The molecule has 0 aliphatic heterocycles. The second-order valence-corrected chi connectivity index (χ2v) is 5.18. The Morgan fingerprint density at radius 3 is 2.35 bits per heavy atom. The molecule has 0 amide bonds. The quantitative estimate of drug-likeness (QED) is 0.847. The Morgan fingerprint density at radius 1 is 1.35 bits per heavy atom. The molecule has 4 nitrogen and oxygen atoms in total. The third kappa shape index (κ3) is 3.10. The average molecular weight is 269 g/mol. The molecule has 0 saturated heterocycles. The Labute approximate surface area is 96.1 Å². The Kier molecular flexibility index (Phi) is 3.68. The lowest BCUT2D eigenvalue weighted by Crippen LogP contribution is -2.12. The highest BCUT2D eigenvalue weighted by molar-refractivity contribution is 7.91. The first-order valence-corrected chi connectivity index (χ1v) is 6.02. The molecule has 0 bridgehead atoms. The minimum atomic E-state index is -4.56. The van der Waals surface area contributed by atoms with Crippen LogP contribution in [-0.2, 0) is 20.8 Å². The molecule has 0 unspecified atom stereocenters. The molecule has 1 rings (SSSR count). The number of nitrogens with two attached hydrogens (primary N) is 1. The molecule has 0 atom stereocenters. The van der Waals surface area contributed by atoms with Gasteiger partial charge in [-0.3, -0.25) is 0 Å². The van der Waals surface area contributed by atoms with Crippen molar-refractivity contribution in [2.45, 2.75) is 11.1 Å². The molecule has 96 valence electrons. The topological polar surface area (TPSA) is 69.4 Å². The van der Waals surface area contributed by atoms with Crippen LogP contribution in [0.1, 0.15) is 5.56 Å². The fraction of sp³-hybridized carbons (Fsp3) is 0.333. The Bertz CT molecular complexity index is 511. The van der Waals surface area contributed by atoms with Gasteiger partial charge in [-0.1, -0.05) is 0 Å². The van der Waals surface area contributed by atoms with Gasteiger partial charge in [-0.2, -0.15) is 13.2 Å². The van der Waals surface area contributed by atoms with Crippen LogP contribution < -0.4 is 5.73 Å². The summed E-state index contributed by atoms with van der Waals surface area (Å²) in [5.41, 5.74) is 3.86. The number of halogens is 3. The third-order valence-electron chi connectivity index (χ3n) is 1.95. The Morgan fingerprint density at radius 2 is 1.94 bits per heavy atom. The lowest BCUT2D eigenvalue weighted by atomic mass is 10.2. The minimum Gasteiger partial charge on any atom is -0.398 e. The molecule has 0 aromatic heterocycles. The van der Waals surface area contributed by atoms with Gasteiger partial charge >= 0.3 is 6.18 Å². The zero-order valence-corrected chi connectivity index (χ0v) is 9.60. The van der Waals surface area contributed by atoms with E-state index < -0.39 is 33.2 Å². The van der Waals surface area contributed by atoms with Crippen molar-refractivity contribution in [2.24, 2.45) is 0 Å². The van der Waals surface area contributed by atoms with Gasteiger partial charge in [-0.25, -0.2) is 8.42 Å². The van der Waals surface area contributed by atoms with Crippen molar-refractivity contribution in [1.29, 1.82) is 0 Å². The number of hydrogen-bond donors (Lipinski definition) is 1. The first-order valence-electron chi connectivity index (χ1n) is 4.37. The van der Waals surface area contributed by atoms with Gasteiger partial charge in [0.25, 0.3) is 0 Å². The van der Waals surface area contributed by atoms with Crippen molar-refractivity contribution >= 4 is 15.5 Å². The summed E-state index contributed by atoms with van der Waals surface area (Å²) in [5.74, 6) is -0.636. The lowest BCUT2D eigenvalue weighted by Gasteiger charge is -2.10. The van der Waals surface area contributed by atoms with E-state index in [1.54, 1.807) is 0 Å². The maximum absolute atomic E-state index is 12.3. The number of rotatable bonds is 3. The van der Waals surface area contributed by atoms with Crippen LogP contribution in [0.5, 0.6) is 0 Å². The molecule has 0 fully saturated rings. The normalized spacial score (nSPS) is 12.7. The van der Waals surface area contributed by atoms with E-state index in [1.807, 2.05) is 0 Å². The maximum atomic E-state index is 12.3. The van der Waals surface area contributed by atoms with Crippen LogP contribution in [0.25, 0.3) is 0 Å². The van der Waals surface area contributed by atoms with Gasteiger partial charge in [-0.05, 0) is 18.2 Å². The maximum Gasteiger partial charge on any atom is 0.416 e. The summed E-state index contributed by atoms with van der Waals surface area (Å²) in [6, 6.07) is 2.08. The SMILES string of the molecule is COCS(=O)(=O)c1ccc(C(F)(F)F)cc1N. The average Bonchev–Trinajstić information content (AvgIpc) is 2.15. The van der Waals surface area contributed by atoms with E-state index in [1.165, 1.54) is 0 Å². The van der Waals surface area contributed by atoms with Crippen LogP contribution in [-0.4, -0.2) is 21.5 Å². The van der Waals surface area contributed by atoms with Gasteiger partial charge in [0.05, 0.1) is 16.1 Å². The molecule has 0 spiro atoms. The molecule has 0 radical (unpaired) electrons. The van der Waals surface area contributed by atoms with Crippen molar-refractivity contribution in [3.8, 4) is 0 Å². The monoisotopic (exact) mass is 269 g/mol. The molecule has 17 heavy (non-hydrogen) atoms. The van der Waals surface area contributed by atoms with Gasteiger partial charge in [0.2, 0.25) is 9.84 Å². The van der Waals surface area contributed by atoms with Crippen LogP contribution in [0, 0.1) is 0 Å². The number of hydrogen-bond acceptors (Lipinski definition) is 4. The first kappa shape index (κ1) is 13.8. The standard InChI is InChI=1S/C9H10F3NO3S/c1-16-5-17(14,15)8-3-2-6(4-7(8)13)9(10,11)12/h2-4H,5,13H2,1H3. The zero-order valence-electron chi connectivity index (χ0n) is 8.78. The number of ether oxygens (including phenoxy) is 1. The largest absolute Gasteiger partial charge is 0.416 e. The van der Waals surface area contributed by atoms with E-state index in [2.05, 4.69) is 4.74 Å². The van der Waals surface area contributed by atoms with Crippen LogP contribution in [0.2, 0.25) is 0 Å². The summed E-state index contributed by atoms with van der Waals surface area (Å²) in [6.45, 7) is 0. The third-order valence-corrected chi connectivity index (χ3v) is 3.53. The summed E-state index contributed by atoms with van der Waals surface area (Å²) in [5, 5.41) is 0. The van der Waals surface area contributed by atoms with Crippen LogP contribution in [0.3, 0.4) is 0 Å². The van der Waals surface area contributed by atoms with E-state index in [-0.39, 0.29) is 4.90 Å². The smallest absolute Gasteiger partial charge is 0.398 e. The van der Waals surface area contributed by atoms with E-state index >= 15 is 0 Å². The van der Waals surface area contributed by atoms with Gasteiger partial charge in [0.1, 0.15) is 0 Å². The number of benzene rings is 1. The molecular weight excluding hydrogens is 259 g/mol. The number of sulfone groups is 1. The summed E-state index contributed by atoms with van der Waals surface area (Å²) >= 11 is 0. The van der Waals surface area contributed by atoms with Crippen molar-refractivity contribution in [1.82, 2.24) is 0 Å². The number of methoxy groups -OCH3 is 1. The fourth-order valence-electron chi connectivity index (χ4n) is 1.23. The van der Waals surface area contributed by atoms with Crippen molar-refractivity contribution in [3.63, 3.8) is 0 Å². The predicted molar refractivity (Wildman–Crippen MR) is 54.9 cm³/mol. The predicted octanol–water partition coefficient (Wildman–Crippen LogP) is 1.67. The molecule has 0 aliphatic rings. The number of alkyl halides is 3. The molecule has 0 saturated carbocycles. The molecule has 2 N–H and O–H groups in total. The molecule has 1 aromatic carbocycles. The van der Waals surface area contributed by atoms with E-state index in [0.29, 0.717) is 12.1 Å². The first-order chi connectivity index (χ1) is 7.68. The lowest BCUT2D eigenvalue weighted by molar-refractivity contribution is -0.137. The summed E-state index contributed by atoms with van der Waals surface area (Å²) in [7, 11) is -2.65. The van der Waals surface area contributed by atoms with Gasteiger partial charge < -0.3 is 10.5 Å². The second kappa shape index (κ2) is 4.53. The van der Waals surface area contributed by atoms with Crippen LogP contribution in [0.15, 0.2) is 23.1 Å². The summed E-state index contributed by atoms with van der Waals surface area (Å²) in [4.78, 5) is -0.368. The molecule has 0 heterocycles. The van der Waals surface area contributed by atoms with Gasteiger partial charge in [0, 0.05) is 7.11 Å². The van der Waals surface area contributed by atoms with Crippen molar-refractivity contribution in [2.75, 3.05) is 18.8 Å². The molecular formula is C9H10F3NO3S. The van der Waals surface area contributed by atoms with Crippen LogP contribution >= 0.6 is 0 Å². The minimum absolute atomic E-state index is 0.368. The van der Waals surface area contributed by atoms with Crippen LogP contribution in [0.4, 0.5) is 18.9 Å². The highest BCUT2D eigenvalue weighted by Crippen LogP contribution is 2.32. The molecule has 8 heteroatoms. The fourth-order valence-corrected chi connectivity index (χ4v) is 2.36. The highest BCUT2D eigenvalue weighted by Gasteiger charge is 2.31. The van der Waals surface area contributed by atoms with E-state index in [0.717, 1.165) is 13.2 Å². The zero-order chi connectivity index (χ0) is 13.3. The second-order valence-electron chi connectivity index (χ2n) is 3.27. The van der Waals surface area contributed by atoms with Gasteiger partial charge in [0.15, 0.2) is 5.94 Å². The Balaban J connectivity index is 3.24. The highest BCUT2D eigenvalue weighted by atomic mass is 32.2. The number of nitrogen functional groups attached to an aromatic ring is 1. The van der Waals surface area contributed by atoms with Crippen molar-refractivity contribution < 1.29 is 26.3 Å². The Hall–Kier alpha value is -1.28. The van der Waals surface area contributed by atoms with E-state index in [4.69, 9.17) is 5.73 Å². The number of anilines is 1. The summed E-state index contributed by atoms with van der Waals surface area (Å²) in [6.07, 6.45) is -4.56. The van der Waals surface area contributed by atoms with Gasteiger partial charge in [-0.15, -0.1) is 0 Å².